The Morgan fingerprint density at radius 1 is 1.41 bits per heavy atom. The number of nitrogens with zero attached hydrogens (tertiary/aromatic N) is 1. The van der Waals surface area contributed by atoms with Crippen LogP contribution in [-0.4, -0.2) is 58.8 Å². The van der Waals surface area contributed by atoms with Gasteiger partial charge in [-0.1, -0.05) is 0 Å². The average Bonchev–Trinajstić information content (AvgIpc) is 2.25. The third-order valence-corrected chi connectivity index (χ3v) is 2.25. The number of hydrogen-bond donors (Lipinski definition) is 4. The number of urea groups is 1. The predicted molar refractivity (Wildman–Crippen MR) is 58.1 cm³/mol. The highest BCUT2D eigenvalue weighted by Crippen LogP contribution is 1.98. The van der Waals surface area contributed by atoms with E-state index in [0.717, 1.165) is 4.90 Å². The van der Waals surface area contributed by atoms with Crippen LogP contribution in [0.3, 0.4) is 0 Å². The molecule has 0 aromatic carbocycles. The highest BCUT2D eigenvalue weighted by molar-refractivity contribution is 5.87. The number of nitrogens with two attached hydrogens (primary N) is 1. The molecule has 98 valence electrons. The van der Waals surface area contributed by atoms with E-state index in [1.807, 2.05) is 0 Å². The number of aliphatic carboxylic acids is 1. The molecule has 0 bridgehead atoms. The van der Waals surface area contributed by atoms with Gasteiger partial charge in [0.2, 0.25) is 5.91 Å². The SMILES string of the molecule is CC(CO)N(C)C(=O)NC(CC(N)=O)C(=O)O. The topological polar surface area (TPSA) is 133 Å². The van der Waals surface area contributed by atoms with E-state index in [9.17, 15) is 14.4 Å². The molecule has 0 aliphatic rings. The van der Waals surface area contributed by atoms with E-state index in [1.54, 1.807) is 6.92 Å². The summed E-state index contributed by atoms with van der Waals surface area (Å²) in [6.45, 7) is 1.33. The van der Waals surface area contributed by atoms with E-state index in [0.29, 0.717) is 0 Å². The van der Waals surface area contributed by atoms with Gasteiger partial charge >= 0.3 is 12.0 Å². The third kappa shape index (κ3) is 5.16. The Kier molecular flexibility index (Phi) is 5.97. The lowest BCUT2D eigenvalue weighted by Crippen LogP contribution is -2.50. The largest absolute Gasteiger partial charge is 0.480 e. The minimum atomic E-state index is -1.37. The Bertz CT molecular complexity index is 307. The maximum absolute atomic E-state index is 11.5. The first-order valence-corrected chi connectivity index (χ1v) is 4.94. The van der Waals surface area contributed by atoms with Gasteiger partial charge in [0, 0.05) is 7.05 Å². The molecule has 0 aliphatic heterocycles. The van der Waals surface area contributed by atoms with Gasteiger partial charge in [-0.2, -0.15) is 0 Å². The quantitative estimate of drug-likeness (QED) is 0.445. The monoisotopic (exact) mass is 247 g/mol. The Morgan fingerprint density at radius 2 is 1.94 bits per heavy atom. The van der Waals surface area contributed by atoms with Gasteiger partial charge in [-0.05, 0) is 6.92 Å². The maximum Gasteiger partial charge on any atom is 0.326 e. The van der Waals surface area contributed by atoms with Crippen molar-refractivity contribution in [2.75, 3.05) is 13.7 Å². The Labute approximate surface area is 98.4 Å². The fraction of sp³-hybridized carbons (Fsp3) is 0.667. The molecular formula is C9H17N3O5. The Morgan fingerprint density at radius 3 is 2.29 bits per heavy atom. The number of primary amides is 1. The molecular weight excluding hydrogens is 230 g/mol. The number of nitrogens with one attached hydrogen (secondary N) is 1. The highest BCUT2D eigenvalue weighted by atomic mass is 16.4. The number of aliphatic hydroxyl groups excluding tert-OH is 1. The van der Waals surface area contributed by atoms with Gasteiger partial charge in [0.25, 0.3) is 0 Å². The second kappa shape index (κ2) is 6.69. The molecule has 8 nitrogen and oxygen atoms in total. The Hall–Kier alpha value is -1.83. The number of carbonyl (C=O) groups is 3. The zero-order chi connectivity index (χ0) is 13.6. The molecule has 0 aromatic rings. The molecule has 0 fully saturated rings. The average molecular weight is 247 g/mol. The molecule has 5 N–H and O–H groups in total. The zero-order valence-electron chi connectivity index (χ0n) is 9.71. The van der Waals surface area contributed by atoms with E-state index in [-0.39, 0.29) is 6.61 Å². The fourth-order valence-electron chi connectivity index (χ4n) is 0.975. The molecule has 0 aromatic heterocycles. The molecule has 0 heterocycles. The van der Waals surface area contributed by atoms with Crippen molar-refractivity contribution in [3.8, 4) is 0 Å². The fourth-order valence-corrected chi connectivity index (χ4v) is 0.975. The molecule has 0 spiro atoms. The highest BCUT2D eigenvalue weighted by Gasteiger charge is 2.24. The standard InChI is InChI=1S/C9H17N3O5/c1-5(4-13)12(2)9(17)11-6(8(15)16)3-7(10)14/h5-6,13H,3-4H2,1-2H3,(H2,10,14)(H,11,17)(H,15,16). The number of carboxylic acids is 1. The number of aliphatic hydroxyl groups is 1. The molecule has 0 saturated heterocycles. The van der Waals surface area contributed by atoms with Gasteiger partial charge in [-0.3, -0.25) is 4.79 Å². The molecule has 2 atom stereocenters. The van der Waals surface area contributed by atoms with Gasteiger partial charge in [0.15, 0.2) is 0 Å². The lowest BCUT2D eigenvalue weighted by atomic mass is 10.2. The summed E-state index contributed by atoms with van der Waals surface area (Å²) in [7, 11) is 1.40. The van der Waals surface area contributed by atoms with Crippen molar-refractivity contribution >= 4 is 17.9 Å². The number of hydrogen-bond acceptors (Lipinski definition) is 4. The Balaban J connectivity index is 4.50. The van der Waals surface area contributed by atoms with Crippen LogP contribution in [-0.2, 0) is 9.59 Å². The van der Waals surface area contributed by atoms with E-state index in [2.05, 4.69) is 5.32 Å². The number of carboxylic acid groups (broad SMARTS) is 1. The number of likely N-dealkylation sites (N-methyl/N-ethyl adjacent to an activating group) is 1. The molecule has 8 heteroatoms. The molecule has 0 aliphatic carbocycles. The third-order valence-electron chi connectivity index (χ3n) is 2.25. The minimum Gasteiger partial charge on any atom is -0.480 e. The van der Waals surface area contributed by atoms with Crippen LogP contribution in [0, 0.1) is 0 Å². The van der Waals surface area contributed by atoms with Crippen molar-refractivity contribution in [3.63, 3.8) is 0 Å². The normalized spacial score (nSPS) is 13.6. The molecule has 0 rings (SSSR count). The first kappa shape index (κ1) is 15.2. The lowest BCUT2D eigenvalue weighted by Gasteiger charge is -2.25. The van der Waals surface area contributed by atoms with E-state index in [4.69, 9.17) is 15.9 Å². The van der Waals surface area contributed by atoms with Crippen molar-refractivity contribution in [3.05, 3.63) is 0 Å². The zero-order valence-corrected chi connectivity index (χ0v) is 9.71. The van der Waals surface area contributed by atoms with Crippen LogP contribution in [0.15, 0.2) is 0 Å². The smallest absolute Gasteiger partial charge is 0.326 e. The molecule has 17 heavy (non-hydrogen) atoms. The summed E-state index contributed by atoms with van der Waals surface area (Å²) in [5.74, 6) is -2.17. The number of carbonyl (C=O) groups excluding carboxylic acids is 2. The molecule has 3 amide bonds. The summed E-state index contributed by atoms with van der Waals surface area (Å²) < 4.78 is 0. The van der Waals surface area contributed by atoms with Crippen molar-refractivity contribution in [2.45, 2.75) is 25.4 Å². The first-order chi connectivity index (χ1) is 7.79. The van der Waals surface area contributed by atoms with Crippen molar-refractivity contribution in [1.82, 2.24) is 10.2 Å². The van der Waals surface area contributed by atoms with Crippen molar-refractivity contribution in [1.29, 1.82) is 0 Å². The minimum absolute atomic E-state index is 0.253. The van der Waals surface area contributed by atoms with Crippen LogP contribution in [0.2, 0.25) is 0 Å². The molecule has 0 radical (unpaired) electrons. The van der Waals surface area contributed by atoms with Crippen LogP contribution in [0.5, 0.6) is 0 Å². The van der Waals surface area contributed by atoms with E-state index in [1.165, 1.54) is 7.05 Å². The van der Waals surface area contributed by atoms with Gasteiger partial charge in [-0.15, -0.1) is 0 Å². The van der Waals surface area contributed by atoms with Gasteiger partial charge in [0.1, 0.15) is 6.04 Å². The van der Waals surface area contributed by atoms with E-state index < -0.39 is 36.4 Å². The van der Waals surface area contributed by atoms with Crippen molar-refractivity contribution < 1.29 is 24.6 Å². The van der Waals surface area contributed by atoms with Crippen LogP contribution in [0.4, 0.5) is 4.79 Å². The second-order valence-electron chi connectivity index (χ2n) is 3.65. The second-order valence-corrected chi connectivity index (χ2v) is 3.65. The summed E-state index contributed by atoms with van der Waals surface area (Å²) >= 11 is 0. The number of rotatable bonds is 6. The summed E-state index contributed by atoms with van der Waals surface area (Å²) in [5.41, 5.74) is 4.86. The van der Waals surface area contributed by atoms with E-state index >= 15 is 0 Å². The predicted octanol–water partition coefficient (Wildman–Crippen LogP) is -1.66. The van der Waals surface area contributed by atoms with Gasteiger partial charge in [-0.25, -0.2) is 9.59 Å². The molecule has 2 unspecified atom stereocenters. The van der Waals surface area contributed by atoms with Crippen LogP contribution in [0.25, 0.3) is 0 Å². The summed E-state index contributed by atoms with van der Waals surface area (Å²) in [6.07, 6.45) is -0.484. The van der Waals surface area contributed by atoms with Gasteiger partial charge < -0.3 is 26.2 Å². The van der Waals surface area contributed by atoms with Gasteiger partial charge in [0.05, 0.1) is 19.1 Å². The summed E-state index contributed by atoms with van der Waals surface area (Å²) in [5, 5.41) is 19.7. The van der Waals surface area contributed by atoms with Crippen LogP contribution < -0.4 is 11.1 Å². The molecule has 0 saturated carbocycles. The van der Waals surface area contributed by atoms with Crippen molar-refractivity contribution in [2.24, 2.45) is 5.73 Å². The first-order valence-electron chi connectivity index (χ1n) is 4.94. The van der Waals surface area contributed by atoms with Crippen LogP contribution >= 0.6 is 0 Å². The maximum atomic E-state index is 11.5. The number of amides is 3. The van der Waals surface area contributed by atoms with Crippen LogP contribution in [0.1, 0.15) is 13.3 Å². The lowest BCUT2D eigenvalue weighted by molar-refractivity contribution is -0.141. The summed E-state index contributed by atoms with van der Waals surface area (Å²) in [4.78, 5) is 34.0. The summed E-state index contributed by atoms with van der Waals surface area (Å²) in [6, 6.07) is -2.52.